The Morgan fingerprint density at radius 3 is 2.78 bits per heavy atom. The number of ether oxygens (including phenoxy) is 1. The molecule has 0 spiro atoms. The van der Waals surface area contributed by atoms with E-state index in [1.54, 1.807) is 11.6 Å². The number of methoxy groups -OCH3 is 1. The van der Waals surface area contributed by atoms with Gasteiger partial charge in [-0.05, 0) is 37.1 Å². The third kappa shape index (κ3) is 3.69. The molecule has 1 fully saturated rings. The van der Waals surface area contributed by atoms with E-state index >= 15 is 0 Å². The van der Waals surface area contributed by atoms with Crippen LogP contribution in [0.15, 0.2) is 36.4 Å². The van der Waals surface area contributed by atoms with Gasteiger partial charge in [-0.25, -0.2) is 0 Å². The van der Waals surface area contributed by atoms with E-state index < -0.39 is 0 Å². The third-order valence-electron chi connectivity index (χ3n) is 4.70. The van der Waals surface area contributed by atoms with E-state index in [4.69, 9.17) is 4.74 Å². The van der Waals surface area contributed by atoms with Gasteiger partial charge in [-0.1, -0.05) is 12.1 Å². The molecule has 27 heavy (non-hydrogen) atoms. The molecule has 1 aliphatic heterocycles. The summed E-state index contributed by atoms with van der Waals surface area (Å²) < 4.78 is 7.00. The molecule has 0 saturated carbocycles. The number of fused-ring (bicyclic) bond motifs is 1. The Kier molecular flexibility index (Phi) is 4.86. The van der Waals surface area contributed by atoms with Gasteiger partial charge in [-0.3, -0.25) is 4.79 Å². The summed E-state index contributed by atoms with van der Waals surface area (Å²) in [5, 5.41) is 15.9. The van der Waals surface area contributed by atoms with Crippen molar-refractivity contribution in [2.75, 3.05) is 30.4 Å². The van der Waals surface area contributed by atoms with Gasteiger partial charge >= 0.3 is 0 Å². The van der Waals surface area contributed by atoms with Crippen molar-refractivity contribution in [3.05, 3.63) is 42.2 Å². The molecule has 0 radical (unpaired) electrons. The number of anilines is 2. The van der Waals surface area contributed by atoms with Gasteiger partial charge in [0.15, 0.2) is 11.5 Å². The molecule has 3 aromatic rings. The minimum atomic E-state index is -0.105. The molecular weight excluding hydrogens is 344 g/mol. The number of nitrogens with one attached hydrogen (secondary N) is 1. The molecule has 140 valence electrons. The summed E-state index contributed by atoms with van der Waals surface area (Å²) in [6.07, 6.45) is 3.13. The highest BCUT2D eigenvalue weighted by atomic mass is 16.5. The SMILES string of the molecule is COc1ccccc1NC(=O)CCc1nnc2ccc(N3CCCC3)nn12. The van der Waals surface area contributed by atoms with Crippen LogP contribution in [0.1, 0.15) is 25.1 Å². The first-order chi connectivity index (χ1) is 13.2. The maximum atomic E-state index is 12.3. The summed E-state index contributed by atoms with van der Waals surface area (Å²) in [4.78, 5) is 14.6. The fourth-order valence-corrected chi connectivity index (χ4v) is 3.28. The summed E-state index contributed by atoms with van der Waals surface area (Å²) in [7, 11) is 1.58. The van der Waals surface area contributed by atoms with Crippen LogP contribution in [0.5, 0.6) is 5.75 Å². The van der Waals surface area contributed by atoms with Crippen LogP contribution in [-0.4, -0.2) is 45.9 Å². The number of benzene rings is 1. The number of aromatic nitrogens is 4. The van der Waals surface area contributed by atoms with Crippen LogP contribution >= 0.6 is 0 Å². The first-order valence-electron chi connectivity index (χ1n) is 9.14. The van der Waals surface area contributed by atoms with E-state index in [1.165, 1.54) is 12.8 Å². The van der Waals surface area contributed by atoms with Crippen LogP contribution in [0.25, 0.3) is 5.65 Å². The minimum absolute atomic E-state index is 0.105. The van der Waals surface area contributed by atoms with Crippen molar-refractivity contribution in [3.8, 4) is 5.75 Å². The van der Waals surface area contributed by atoms with Crippen molar-refractivity contribution >= 4 is 23.1 Å². The average Bonchev–Trinajstić information content (AvgIpc) is 3.36. The van der Waals surface area contributed by atoms with Gasteiger partial charge < -0.3 is 15.0 Å². The molecule has 8 nitrogen and oxygen atoms in total. The summed E-state index contributed by atoms with van der Waals surface area (Å²) in [5.74, 6) is 2.14. The van der Waals surface area contributed by atoms with Crippen molar-refractivity contribution in [1.29, 1.82) is 0 Å². The van der Waals surface area contributed by atoms with Gasteiger partial charge in [0.25, 0.3) is 0 Å². The number of hydrogen-bond donors (Lipinski definition) is 1. The molecule has 0 atom stereocenters. The number of para-hydroxylation sites is 2. The van der Waals surface area contributed by atoms with Gasteiger partial charge in [0, 0.05) is 25.9 Å². The lowest BCUT2D eigenvalue weighted by molar-refractivity contribution is -0.116. The van der Waals surface area contributed by atoms with Crippen molar-refractivity contribution in [3.63, 3.8) is 0 Å². The second kappa shape index (κ2) is 7.61. The lowest BCUT2D eigenvalue weighted by Gasteiger charge is -2.15. The van der Waals surface area contributed by atoms with Crippen molar-refractivity contribution in [1.82, 2.24) is 19.8 Å². The van der Waals surface area contributed by atoms with Crippen molar-refractivity contribution in [2.24, 2.45) is 0 Å². The van der Waals surface area contributed by atoms with E-state index in [0.29, 0.717) is 29.3 Å². The van der Waals surface area contributed by atoms with Gasteiger partial charge in [-0.2, -0.15) is 4.52 Å². The van der Waals surface area contributed by atoms with Crippen molar-refractivity contribution < 1.29 is 9.53 Å². The van der Waals surface area contributed by atoms with Crippen LogP contribution < -0.4 is 15.0 Å². The maximum absolute atomic E-state index is 12.3. The zero-order chi connectivity index (χ0) is 18.6. The molecule has 8 heteroatoms. The molecule has 4 rings (SSSR count). The van der Waals surface area contributed by atoms with Crippen LogP contribution in [0.3, 0.4) is 0 Å². The standard InChI is InChI=1S/C19H22N6O2/c1-27-15-7-3-2-6-14(15)20-19(26)11-10-17-22-21-16-8-9-18(23-25(16)17)24-12-4-5-13-24/h2-3,6-9H,4-5,10-13H2,1H3,(H,20,26). The molecular formula is C19H22N6O2. The normalized spacial score (nSPS) is 13.9. The van der Waals surface area contributed by atoms with Crippen LogP contribution in [0.2, 0.25) is 0 Å². The number of carbonyl (C=O) groups excluding carboxylic acids is 1. The van der Waals surface area contributed by atoms with Gasteiger partial charge in [0.05, 0.1) is 12.8 Å². The molecule has 1 saturated heterocycles. The predicted octanol–water partition coefficient (Wildman–Crippen LogP) is 2.30. The fourth-order valence-electron chi connectivity index (χ4n) is 3.28. The van der Waals surface area contributed by atoms with E-state index in [1.807, 2.05) is 36.4 Å². The van der Waals surface area contributed by atoms with Crippen LogP contribution in [0, 0.1) is 0 Å². The number of rotatable bonds is 6. The molecule has 1 aromatic carbocycles. The first kappa shape index (κ1) is 17.3. The third-order valence-corrected chi connectivity index (χ3v) is 4.70. The Balaban J connectivity index is 1.45. The van der Waals surface area contributed by atoms with E-state index in [0.717, 1.165) is 18.9 Å². The highest BCUT2D eigenvalue weighted by molar-refractivity contribution is 5.92. The highest BCUT2D eigenvalue weighted by Crippen LogP contribution is 2.23. The Morgan fingerprint density at radius 2 is 1.96 bits per heavy atom. The molecule has 0 unspecified atom stereocenters. The summed E-state index contributed by atoms with van der Waals surface area (Å²) in [6.45, 7) is 2.05. The van der Waals surface area contributed by atoms with E-state index in [-0.39, 0.29) is 12.3 Å². The molecule has 2 aromatic heterocycles. The first-order valence-corrected chi connectivity index (χ1v) is 9.14. The summed E-state index contributed by atoms with van der Waals surface area (Å²) in [5.41, 5.74) is 1.35. The van der Waals surface area contributed by atoms with E-state index in [2.05, 4.69) is 25.5 Å². The topological polar surface area (TPSA) is 84.6 Å². The van der Waals surface area contributed by atoms with Crippen LogP contribution in [0.4, 0.5) is 11.5 Å². The second-order valence-electron chi connectivity index (χ2n) is 6.52. The zero-order valence-corrected chi connectivity index (χ0v) is 15.3. The largest absolute Gasteiger partial charge is 0.495 e. The Morgan fingerprint density at radius 1 is 1.15 bits per heavy atom. The fraction of sp³-hybridized carbons (Fsp3) is 0.368. The highest BCUT2D eigenvalue weighted by Gasteiger charge is 2.16. The van der Waals surface area contributed by atoms with Crippen LogP contribution in [-0.2, 0) is 11.2 Å². The Bertz CT molecular complexity index is 948. The lowest BCUT2D eigenvalue weighted by atomic mass is 10.2. The minimum Gasteiger partial charge on any atom is -0.495 e. The van der Waals surface area contributed by atoms with Gasteiger partial charge in [0.2, 0.25) is 5.91 Å². The van der Waals surface area contributed by atoms with Crippen molar-refractivity contribution in [2.45, 2.75) is 25.7 Å². The Labute approximate surface area is 157 Å². The number of amides is 1. The quantitative estimate of drug-likeness (QED) is 0.721. The number of aryl methyl sites for hydroxylation is 1. The summed E-state index contributed by atoms with van der Waals surface area (Å²) >= 11 is 0. The lowest BCUT2D eigenvalue weighted by Crippen LogP contribution is -2.20. The smallest absolute Gasteiger partial charge is 0.224 e. The Hall–Kier alpha value is -3.16. The second-order valence-corrected chi connectivity index (χ2v) is 6.52. The molecule has 3 heterocycles. The number of nitrogens with zero attached hydrogens (tertiary/aromatic N) is 5. The molecule has 0 aliphatic carbocycles. The maximum Gasteiger partial charge on any atom is 0.224 e. The predicted molar refractivity (Wildman–Crippen MR) is 102 cm³/mol. The zero-order valence-electron chi connectivity index (χ0n) is 15.3. The van der Waals surface area contributed by atoms with E-state index in [9.17, 15) is 4.79 Å². The average molecular weight is 366 g/mol. The number of hydrogen-bond acceptors (Lipinski definition) is 6. The van der Waals surface area contributed by atoms with Gasteiger partial charge in [-0.15, -0.1) is 15.3 Å². The monoisotopic (exact) mass is 366 g/mol. The molecule has 1 aliphatic rings. The van der Waals surface area contributed by atoms with Gasteiger partial charge in [0.1, 0.15) is 11.6 Å². The molecule has 1 amide bonds. The number of carbonyl (C=O) groups is 1. The summed E-state index contributed by atoms with van der Waals surface area (Å²) in [6, 6.07) is 11.2. The molecule has 1 N–H and O–H groups in total. The molecule has 0 bridgehead atoms.